The lowest BCUT2D eigenvalue weighted by Crippen LogP contribution is -2.42. The Hall–Kier alpha value is -3.33. The summed E-state index contributed by atoms with van der Waals surface area (Å²) in [4.78, 5) is 48.3. The summed E-state index contributed by atoms with van der Waals surface area (Å²) in [7, 11) is 0. The van der Waals surface area contributed by atoms with Crippen LogP contribution in [0.3, 0.4) is 0 Å². The van der Waals surface area contributed by atoms with Gasteiger partial charge in [0.2, 0.25) is 11.0 Å². The molecule has 30 heavy (non-hydrogen) atoms. The third kappa shape index (κ3) is 6.35. The minimum atomic E-state index is -0.993. The van der Waals surface area contributed by atoms with E-state index in [1.54, 1.807) is 31.2 Å². The van der Waals surface area contributed by atoms with Gasteiger partial charge in [0.25, 0.3) is 0 Å². The number of rotatable bonds is 8. The Morgan fingerprint density at radius 2 is 1.67 bits per heavy atom. The first-order valence-electron chi connectivity index (χ1n) is 9.03. The monoisotopic (exact) mass is 431 g/mol. The molecule has 0 aliphatic heterocycles. The largest absolute Gasteiger partial charge is 0.507 e. The summed E-state index contributed by atoms with van der Waals surface area (Å²) in [5.74, 6) is -2.19. The highest BCUT2D eigenvalue weighted by Gasteiger charge is 2.24. The molecule has 2 aromatic rings. The molecule has 1 amide bonds. The second-order valence-corrected chi connectivity index (χ2v) is 7.00. The van der Waals surface area contributed by atoms with Crippen molar-refractivity contribution < 1.29 is 33.8 Å². The molecule has 0 radical (unpaired) electrons. The molecule has 2 rings (SSSR count). The summed E-state index contributed by atoms with van der Waals surface area (Å²) < 4.78 is 10.2. The number of phenolic OH excluding ortho intramolecular Hbond substituents is 1. The molecule has 158 valence electrons. The Bertz CT molecular complexity index is 944. The third-order valence-corrected chi connectivity index (χ3v) is 4.75. The minimum absolute atomic E-state index is 0.00969. The number of para-hydroxylation sites is 2. The number of thioether (sulfide) groups is 1. The van der Waals surface area contributed by atoms with Gasteiger partial charge in [0.05, 0.1) is 12.2 Å². The Morgan fingerprint density at radius 1 is 1.03 bits per heavy atom. The molecule has 0 fully saturated rings. The van der Waals surface area contributed by atoms with Crippen LogP contribution in [0.1, 0.15) is 34.6 Å². The molecule has 0 saturated carbocycles. The third-order valence-electron chi connectivity index (χ3n) is 3.76. The zero-order valence-electron chi connectivity index (χ0n) is 16.4. The van der Waals surface area contributed by atoms with E-state index in [1.807, 2.05) is 0 Å². The van der Waals surface area contributed by atoms with Gasteiger partial charge in [-0.05, 0) is 31.2 Å². The van der Waals surface area contributed by atoms with E-state index in [0.29, 0.717) is 0 Å². The van der Waals surface area contributed by atoms with E-state index < -0.39 is 29.0 Å². The van der Waals surface area contributed by atoms with Gasteiger partial charge in [-0.15, -0.1) is 0 Å². The van der Waals surface area contributed by atoms with Gasteiger partial charge in [-0.3, -0.25) is 9.59 Å². The van der Waals surface area contributed by atoms with Crippen LogP contribution in [0.25, 0.3) is 0 Å². The Kier molecular flexibility index (Phi) is 8.42. The van der Waals surface area contributed by atoms with Gasteiger partial charge in [-0.1, -0.05) is 36.0 Å². The van der Waals surface area contributed by atoms with Crippen molar-refractivity contribution in [2.45, 2.75) is 19.9 Å². The van der Waals surface area contributed by atoms with Crippen molar-refractivity contribution >= 4 is 34.7 Å². The highest BCUT2D eigenvalue weighted by molar-refractivity contribution is 8.14. The maximum Gasteiger partial charge on any atom is 0.347 e. The van der Waals surface area contributed by atoms with Crippen molar-refractivity contribution in [3.05, 3.63) is 59.7 Å². The number of hydrogen-bond donors (Lipinski definition) is 2. The number of esters is 2. The fraction of sp³-hybridized carbons (Fsp3) is 0.238. The van der Waals surface area contributed by atoms with Crippen molar-refractivity contribution in [3.8, 4) is 11.5 Å². The molecule has 0 saturated heterocycles. The molecule has 9 heteroatoms. The predicted octanol–water partition coefficient (Wildman–Crippen LogP) is 2.55. The molecule has 0 aromatic heterocycles. The molecular weight excluding hydrogens is 410 g/mol. The lowest BCUT2D eigenvalue weighted by Gasteiger charge is -2.16. The van der Waals surface area contributed by atoms with Crippen molar-refractivity contribution in [1.29, 1.82) is 0 Å². The molecule has 2 N–H and O–H groups in total. The molecule has 1 atom stereocenters. The maximum absolute atomic E-state index is 12.7. The zero-order chi connectivity index (χ0) is 22.1. The quantitative estimate of drug-likeness (QED) is 0.483. The van der Waals surface area contributed by atoms with Crippen LogP contribution in [0.15, 0.2) is 48.5 Å². The van der Waals surface area contributed by atoms with Crippen LogP contribution in [0.4, 0.5) is 0 Å². The number of phenols is 1. The van der Waals surface area contributed by atoms with E-state index in [-0.39, 0.29) is 35.0 Å². The van der Waals surface area contributed by atoms with Crippen LogP contribution in [0.5, 0.6) is 11.5 Å². The summed E-state index contributed by atoms with van der Waals surface area (Å²) in [6, 6.07) is 11.0. The van der Waals surface area contributed by atoms with Crippen molar-refractivity contribution in [1.82, 2.24) is 5.32 Å². The number of aromatic hydroxyl groups is 1. The maximum atomic E-state index is 12.7. The normalized spacial score (nSPS) is 11.3. The van der Waals surface area contributed by atoms with E-state index in [0.717, 1.165) is 11.8 Å². The van der Waals surface area contributed by atoms with Crippen LogP contribution in [-0.4, -0.2) is 46.5 Å². The highest BCUT2D eigenvalue weighted by Crippen LogP contribution is 2.26. The van der Waals surface area contributed by atoms with Crippen molar-refractivity contribution in [3.63, 3.8) is 0 Å². The Balaban J connectivity index is 2.13. The summed E-state index contributed by atoms with van der Waals surface area (Å²) in [6.45, 7) is 3.03. The molecule has 1 unspecified atom stereocenters. The summed E-state index contributed by atoms with van der Waals surface area (Å²) in [6.07, 6.45) is 0. The van der Waals surface area contributed by atoms with Gasteiger partial charge in [0.15, 0.2) is 0 Å². The molecular formula is C21H21NO7S. The first-order chi connectivity index (χ1) is 14.3. The number of benzene rings is 2. The molecule has 0 aliphatic rings. The highest BCUT2D eigenvalue weighted by atomic mass is 32.2. The first kappa shape index (κ1) is 23.0. The van der Waals surface area contributed by atoms with Crippen LogP contribution in [-0.2, 0) is 14.3 Å². The van der Waals surface area contributed by atoms with Crippen molar-refractivity contribution in [2.24, 2.45) is 0 Å². The average molecular weight is 431 g/mol. The van der Waals surface area contributed by atoms with Crippen molar-refractivity contribution in [2.75, 3.05) is 12.4 Å². The second kappa shape index (κ2) is 11.0. The fourth-order valence-electron chi connectivity index (χ4n) is 2.42. The van der Waals surface area contributed by atoms with Crippen LogP contribution in [0, 0.1) is 0 Å². The molecule has 2 aromatic carbocycles. The van der Waals surface area contributed by atoms with Gasteiger partial charge in [0.1, 0.15) is 23.1 Å². The van der Waals surface area contributed by atoms with E-state index in [1.165, 1.54) is 31.2 Å². The van der Waals surface area contributed by atoms with E-state index in [9.17, 15) is 24.3 Å². The zero-order valence-corrected chi connectivity index (χ0v) is 17.2. The smallest absolute Gasteiger partial charge is 0.347 e. The average Bonchev–Trinajstić information content (AvgIpc) is 2.71. The SMILES string of the molecule is CCOC(=O)C(CSC(=O)c1ccccc1OC(=O)c1ccccc1O)NC(C)=O. The number of amides is 1. The standard InChI is InChI=1S/C21H21NO7S/c1-3-28-20(26)16(22-13(2)23)12-30-21(27)15-9-5-7-11-18(15)29-19(25)14-8-4-6-10-17(14)24/h4-11,16,24H,3,12H2,1-2H3,(H,22,23). The minimum Gasteiger partial charge on any atom is -0.507 e. The molecule has 0 heterocycles. The van der Waals surface area contributed by atoms with Crippen LogP contribution in [0.2, 0.25) is 0 Å². The Morgan fingerprint density at radius 3 is 2.30 bits per heavy atom. The number of carbonyl (C=O) groups excluding carboxylic acids is 4. The molecule has 8 nitrogen and oxygen atoms in total. The van der Waals surface area contributed by atoms with Gasteiger partial charge < -0.3 is 19.9 Å². The van der Waals surface area contributed by atoms with Gasteiger partial charge in [-0.25, -0.2) is 9.59 Å². The fourth-order valence-corrected chi connectivity index (χ4v) is 3.28. The molecule has 0 spiro atoms. The van der Waals surface area contributed by atoms with Gasteiger partial charge in [-0.2, -0.15) is 0 Å². The van der Waals surface area contributed by atoms with E-state index in [2.05, 4.69) is 5.32 Å². The topological polar surface area (TPSA) is 119 Å². The predicted molar refractivity (Wildman–Crippen MR) is 111 cm³/mol. The molecule has 0 bridgehead atoms. The number of carbonyl (C=O) groups is 4. The van der Waals surface area contributed by atoms with Gasteiger partial charge >= 0.3 is 11.9 Å². The second-order valence-electron chi connectivity index (χ2n) is 6.01. The lowest BCUT2D eigenvalue weighted by molar-refractivity contribution is -0.146. The number of ether oxygens (including phenoxy) is 2. The van der Waals surface area contributed by atoms with Crippen LogP contribution >= 0.6 is 11.8 Å². The number of nitrogens with one attached hydrogen (secondary N) is 1. The van der Waals surface area contributed by atoms with Gasteiger partial charge in [0, 0.05) is 12.7 Å². The van der Waals surface area contributed by atoms with E-state index in [4.69, 9.17) is 9.47 Å². The lowest BCUT2D eigenvalue weighted by atomic mass is 10.2. The summed E-state index contributed by atoms with van der Waals surface area (Å²) in [5, 5.41) is 11.8. The number of hydrogen-bond acceptors (Lipinski definition) is 8. The summed E-state index contributed by atoms with van der Waals surface area (Å²) in [5.41, 5.74) is 0.0668. The van der Waals surface area contributed by atoms with Crippen LogP contribution < -0.4 is 10.1 Å². The molecule has 0 aliphatic carbocycles. The summed E-state index contributed by atoms with van der Waals surface area (Å²) >= 11 is 0.779. The van der Waals surface area contributed by atoms with E-state index >= 15 is 0 Å². The Labute approximate surface area is 177 Å². The first-order valence-corrected chi connectivity index (χ1v) is 10.0.